The van der Waals surface area contributed by atoms with Crippen molar-refractivity contribution in [2.24, 2.45) is 0 Å². The second-order valence-electron chi connectivity index (χ2n) is 6.41. The number of hydrogen-bond acceptors (Lipinski definition) is 5. The van der Waals surface area contributed by atoms with Gasteiger partial charge in [0, 0.05) is 24.6 Å². The van der Waals surface area contributed by atoms with Crippen molar-refractivity contribution >= 4 is 17.8 Å². The zero-order valence-corrected chi connectivity index (χ0v) is 18.4. The molecule has 0 aliphatic rings. The normalized spacial score (nSPS) is 10.3. The predicted molar refractivity (Wildman–Crippen MR) is 118 cm³/mol. The molecule has 2 aromatic rings. The Morgan fingerprint density at radius 1 is 1.00 bits per heavy atom. The summed E-state index contributed by atoms with van der Waals surface area (Å²) in [6.45, 7) is 5.46. The van der Waals surface area contributed by atoms with Crippen molar-refractivity contribution in [3.63, 3.8) is 0 Å². The van der Waals surface area contributed by atoms with Crippen LogP contribution in [0.4, 0.5) is 4.79 Å². The number of ether oxygens (including phenoxy) is 3. The summed E-state index contributed by atoms with van der Waals surface area (Å²) in [7, 11) is 3.16. The molecule has 0 aliphatic heterocycles. The van der Waals surface area contributed by atoms with E-state index in [2.05, 4.69) is 41.8 Å². The van der Waals surface area contributed by atoms with Crippen molar-refractivity contribution < 1.29 is 19.0 Å². The number of benzene rings is 2. The highest BCUT2D eigenvalue weighted by Crippen LogP contribution is 2.38. The van der Waals surface area contributed by atoms with E-state index in [-0.39, 0.29) is 6.03 Å². The molecular weight excluding hydrogens is 388 g/mol. The number of amides is 2. The molecule has 7 heteroatoms. The molecule has 158 valence electrons. The minimum absolute atomic E-state index is 0.201. The van der Waals surface area contributed by atoms with Crippen molar-refractivity contribution in [3.8, 4) is 17.2 Å². The molecule has 0 spiro atoms. The number of rotatable bonds is 11. The third-order valence-corrected chi connectivity index (χ3v) is 5.21. The van der Waals surface area contributed by atoms with Crippen LogP contribution in [0, 0.1) is 6.92 Å². The highest BCUT2D eigenvalue weighted by Gasteiger charge is 2.14. The van der Waals surface area contributed by atoms with Crippen molar-refractivity contribution in [1.29, 1.82) is 0 Å². The molecule has 2 rings (SSSR count). The first-order chi connectivity index (χ1) is 14.1. The number of nitrogens with one attached hydrogen (secondary N) is 2. The van der Waals surface area contributed by atoms with Crippen LogP contribution in [0.2, 0.25) is 0 Å². The summed E-state index contributed by atoms with van der Waals surface area (Å²) >= 11 is 1.80. The SMILES string of the molecule is CCOc1c(OC)cc(CNC(=O)NCCSCc2ccc(C)cc2)cc1OC. The Hall–Kier alpha value is -2.54. The molecule has 0 atom stereocenters. The smallest absolute Gasteiger partial charge is 0.315 e. The number of methoxy groups -OCH3 is 2. The second kappa shape index (κ2) is 12.1. The largest absolute Gasteiger partial charge is 0.493 e. The number of carbonyl (C=O) groups is 1. The standard InChI is InChI=1S/C22H30N2O4S/c1-5-28-21-19(26-3)12-18(13-20(21)27-4)14-24-22(25)23-10-11-29-15-17-8-6-16(2)7-9-17/h6-9,12-13H,5,10-11,14-15H2,1-4H3,(H2,23,24,25). The summed E-state index contributed by atoms with van der Waals surface area (Å²) in [5.41, 5.74) is 3.43. The van der Waals surface area contributed by atoms with Gasteiger partial charge in [-0.3, -0.25) is 0 Å². The Bertz CT molecular complexity index is 756. The first-order valence-corrected chi connectivity index (χ1v) is 10.8. The van der Waals surface area contributed by atoms with Gasteiger partial charge in [-0.1, -0.05) is 29.8 Å². The van der Waals surface area contributed by atoms with Crippen molar-refractivity contribution in [3.05, 3.63) is 53.1 Å². The number of aryl methyl sites for hydroxylation is 1. The van der Waals surface area contributed by atoms with Gasteiger partial charge >= 0.3 is 6.03 Å². The molecule has 0 unspecified atom stereocenters. The fourth-order valence-electron chi connectivity index (χ4n) is 2.68. The van der Waals surface area contributed by atoms with Crippen molar-refractivity contribution in [2.45, 2.75) is 26.1 Å². The molecule has 0 fully saturated rings. The molecule has 0 radical (unpaired) electrons. The molecule has 2 amide bonds. The van der Waals surface area contributed by atoms with Crippen LogP contribution in [0.3, 0.4) is 0 Å². The van der Waals surface area contributed by atoms with E-state index in [0.29, 0.717) is 36.9 Å². The lowest BCUT2D eigenvalue weighted by molar-refractivity contribution is 0.241. The van der Waals surface area contributed by atoms with Crippen molar-refractivity contribution in [1.82, 2.24) is 10.6 Å². The Labute approximate surface area is 177 Å². The van der Waals surface area contributed by atoms with E-state index in [1.807, 2.05) is 19.1 Å². The Kier molecular flexibility index (Phi) is 9.50. The third kappa shape index (κ3) is 7.42. The third-order valence-electron chi connectivity index (χ3n) is 4.18. The molecule has 0 aromatic heterocycles. The fraction of sp³-hybridized carbons (Fsp3) is 0.409. The monoisotopic (exact) mass is 418 g/mol. The maximum Gasteiger partial charge on any atom is 0.315 e. The van der Waals surface area contributed by atoms with E-state index in [9.17, 15) is 4.79 Å². The van der Waals surface area contributed by atoms with Gasteiger partial charge in [-0.15, -0.1) is 0 Å². The van der Waals surface area contributed by atoms with E-state index in [4.69, 9.17) is 14.2 Å². The van der Waals surface area contributed by atoms with Crippen LogP contribution in [-0.2, 0) is 12.3 Å². The highest BCUT2D eigenvalue weighted by atomic mass is 32.2. The Morgan fingerprint density at radius 2 is 1.66 bits per heavy atom. The number of carbonyl (C=O) groups excluding carboxylic acids is 1. The van der Waals surface area contributed by atoms with Gasteiger partial charge in [-0.05, 0) is 37.1 Å². The molecule has 2 N–H and O–H groups in total. The average Bonchev–Trinajstić information content (AvgIpc) is 2.73. The Balaban J connectivity index is 1.74. The lowest BCUT2D eigenvalue weighted by atomic mass is 10.2. The summed E-state index contributed by atoms with van der Waals surface area (Å²) in [5, 5.41) is 5.74. The van der Waals surface area contributed by atoms with Gasteiger partial charge in [0.1, 0.15) is 0 Å². The minimum Gasteiger partial charge on any atom is -0.493 e. The summed E-state index contributed by atoms with van der Waals surface area (Å²) in [5.74, 6) is 3.52. The molecule has 0 aliphatic carbocycles. The van der Waals surface area contributed by atoms with E-state index in [0.717, 1.165) is 17.1 Å². The van der Waals surface area contributed by atoms with Gasteiger partial charge in [0.2, 0.25) is 5.75 Å². The molecule has 0 saturated carbocycles. The zero-order chi connectivity index (χ0) is 21.1. The number of thioether (sulfide) groups is 1. The zero-order valence-electron chi connectivity index (χ0n) is 17.5. The lowest BCUT2D eigenvalue weighted by Gasteiger charge is -2.15. The van der Waals surface area contributed by atoms with Gasteiger partial charge in [-0.2, -0.15) is 11.8 Å². The second-order valence-corrected chi connectivity index (χ2v) is 7.52. The predicted octanol–water partition coefficient (Wildman–Crippen LogP) is 4.14. The van der Waals surface area contributed by atoms with Crippen LogP contribution in [0.5, 0.6) is 17.2 Å². The number of urea groups is 1. The average molecular weight is 419 g/mol. The van der Waals surface area contributed by atoms with Crippen LogP contribution < -0.4 is 24.8 Å². The fourth-order valence-corrected chi connectivity index (χ4v) is 3.50. The summed E-state index contributed by atoms with van der Waals surface area (Å²) in [4.78, 5) is 12.0. The quantitative estimate of drug-likeness (QED) is 0.537. The first kappa shape index (κ1) is 22.7. The highest BCUT2D eigenvalue weighted by molar-refractivity contribution is 7.98. The van der Waals surface area contributed by atoms with Crippen LogP contribution in [-0.4, -0.2) is 39.2 Å². The topological polar surface area (TPSA) is 68.8 Å². The van der Waals surface area contributed by atoms with E-state index in [1.54, 1.807) is 26.0 Å². The van der Waals surface area contributed by atoms with E-state index >= 15 is 0 Å². The molecular formula is C22H30N2O4S. The molecule has 0 heterocycles. The van der Waals surface area contributed by atoms with Gasteiger partial charge in [0.25, 0.3) is 0 Å². The minimum atomic E-state index is -0.201. The number of hydrogen-bond donors (Lipinski definition) is 2. The van der Waals surface area contributed by atoms with Crippen LogP contribution in [0.1, 0.15) is 23.6 Å². The van der Waals surface area contributed by atoms with Gasteiger partial charge in [-0.25, -0.2) is 4.79 Å². The Morgan fingerprint density at radius 3 is 2.24 bits per heavy atom. The molecule has 6 nitrogen and oxygen atoms in total. The maximum absolute atomic E-state index is 12.0. The van der Waals surface area contributed by atoms with E-state index in [1.165, 1.54) is 11.1 Å². The molecule has 2 aromatic carbocycles. The maximum atomic E-state index is 12.0. The van der Waals surface area contributed by atoms with Gasteiger partial charge in [0.15, 0.2) is 11.5 Å². The molecule has 0 bridgehead atoms. The summed E-state index contributed by atoms with van der Waals surface area (Å²) < 4.78 is 16.4. The lowest BCUT2D eigenvalue weighted by Crippen LogP contribution is -2.36. The van der Waals surface area contributed by atoms with Gasteiger partial charge in [0.05, 0.1) is 20.8 Å². The first-order valence-electron chi connectivity index (χ1n) is 9.60. The van der Waals surface area contributed by atoms with Crippen LogP contribution in [0.25, 0.3) is 0 Å². The van der Waals surface area contributed by atoms with Crippen molar-refractivity contribution in [2.75, 3.05) is 33.1 Å². The van der Waals surface area contributed by atoms with E-state index < -0.39 is 0 Å². The summed E-state index contributed by atoms with van der Waals surface area (Å²) in [6.07, 6.45) is 0. The molecule has 29 heavy (non-hydrogen) atoms. The van der Waals surface area contributed by atoms with Crippen LogP contribution >= 0.6 is 11.8 Å². The van der Waals surface area contributed by atoms with Gasteiger partial charge < -0.3 is 24.8 Å². The summed E-state index contributed by atoms with van der Waals surface area (Å²) in [6, 6.07) is 12.0. The molecule has 0 saturated heterocycles. The van der Waals surface area contributed by atoms with Crippen LogP contribution in [0.15, 0.2) is 36.4 Å².